The van der Waals surface area contributed by atoms with E-state index in [1.165, 1.54) is 17.7 Å². The lowest BCUT2D eigenvalue weighted by atomic mass is 10.1. The van der Waals surface area contributed by atoms with E-state index < -0.39 is 0 Å². The summed E-state index contributed by atoms with van der Waals surface area (Å²) in [5.74, 6) is 0.185. The minimum absolute atomic E-state index is 0.320. The normalized spacial score (nSPS) is 10.7. The third-order valence-corrected chi connectivity index (χ3v) is 4.12. The molecule has 0 spiro atoms. The molecule has 2 rings (SSSR count). The first-order valence-corrected chi connectivity index (χ1v) is 8.24. The highest BCUT2D eigenvalue weighted by Crippen LogP contribution is 2.24. The molecule has 0 aliphatic heterocycles. The van der Waals surface area contributed by atoms with E-state index in [-0.39, 0.29) is 5.82 Å². The van der Waals surface area contributed by atoms with Crippen LogP contribution in [0.5, 0.6) is 5.75 Å². The van der Waals surface area contributed by atoms with Crippen molar-refractivity contribution in [3.63, 3.8) is 0 Å². The molecule has 2 nitrogen and oxygen atoms in total. The van der Waals surface area contributed by atoms with E-state index in [4.69, 9.17) is 4.74 Å². The molecule has 0 unspecified atom stereocenters. The van der Waals surface area contributed by atoms with E-state index in [1.807, 2.05) is 6.07 Å². The highest BCUT2D eigenvalue weighted by molar-refractivity contribution is 9.10. The predicted octanol–water partition coefficient (Wildman–Crippen LogP) is 5.04. The fourth-order valence-corrected chi connectivity index (χ4v) is 2.85. The summed E-state index contributed by atoms with van der Waals surface area (Å²) in [5.41, 5.74) is 2.23. The Morgan fingerprint density at radius 3 is 2.62 bits per heavy atom. The average molecular weight is 417 g/mol. The standard InChI is InChI=1S/C16H16Br2FNO/c1-2-20-9-11-3-4-12(16(18)5-11)10-21-15-7-13(17)6-14(19)8-15/h3-8,20H,2,9-10H2,1H3. The quantitative estimate of drug-likeness (QED) is 0.712. The molecule has 21 heavy (non-hydrogen) atoms. The largest absolute Gasteiger partial charge is 0.489 e. The number of benzene rings is 2. The van der Waals surface area contributed by atoms with E-state index >= 15 is 0 Å². The highest BCUT2D eigenvalue weighted by atomic mass is 79.9. The molecule has 0 saturated heterocycles. The Morgan fingerprint density at radius 2 is 1.95 bits per heavy atom. The van der Waals surface area contributed by atoms with Crippen LogP contribution in [0.25, 0.3) is 0 Å². The van der Waals surface area contributed by atoms with Crippen molar-refractivity contribution in [3.05, 3.63) is 62.3 Å². The summed E-state index contributed by atoms with van der Waals surface area (Å²) in [6.07, 6.45) is 0. The lowest BCUT2D eigenvalue weighted by Gasteiger charge is -2.10. The number of halogens is 3. The van der Waals surface area contributed by atoms with Crippen LogP contribution >= 0.6 is 31.9 Å². The van der Waals surface area contributed by atoms with Crippen LogP contribution in [0.15, 0.2) is 45.3 Å². The Labute approximate surface area is 141 Å². The molecule has 112 valence electrons. The first-order valence-electron chi connectivity index (χ1n) is 6.65. The third-order valence-electron chi connectivity index (χ3n) is 2.93. The summed E-state index contributed by atoms with van der Waals surface area (Å²) in [6, 6.07) is 10.7. The Hall–Kier alpha value is -0.910. The molecule has 0 radical (unpaired) electrons. The summed E-state index contributed by atoms with van der Waals surface area (Å²) in [4.78, 5) is 0. The molecule has 5 heteroatoms. The molecule has 0 fully saturated rings. The Bertz CT molecular complexity index is 599. The summed E-state index contributed by atoms with van der Waals surface area (Å²) >= 11 is 6.80. The van der Waals surface area contributed by atoms with Gasteiger partial charge in [-0.2, -0.15) is 0 Å². The zero-order valence-corrected chi connectivity index (χ0v) is 14.8. The zero-order valence-electron chi connectivity index (χ0n) is 11.6. The summed E-state index contributed by atoms with van der Waals surface area (Å²) < 4.78 is 20.6. The van der Waals surface area contributed by atoms with Crippen LogP contribution in [0.3, 0.4) is 0 Å². The molecule has 0 bridgehead atoms. The summed E-state index contributed by atoms with van der Waals surface area (Å²) in [7, 11) is 0. The number of rotatable bonds is 6. The molecule has 0 heterocycles. The molecule has 0 amide bonds. The Kier molecular flexibility index (Phi) is 6.21. The maximum absolute atomic E-state index is 13.3. The van der Waals surface area contributed by atoms with Gasteiger partial charge in [-0.1, -0.05) is 50.9 Å². The van der Waals surface area contributed by atoms with E-state index in [1.54, 1.807) is 6.07 Å². The van der Waals surface area contributed by atoms with Gasteiger partial charge in [0.05, 0.1) is 0 Å². The van der Waals surface area contributed by atoms with Crippen molar-refractivity contribution in [1.82, 2.24) is 5.32 Å². The SMILES string of the molecule is CCNCc1ccc(COc2cc(F)cc(Br)c2)c(Br)c1. The van der Waals surface area contributed by atoms with Crippen LogP contribution in [-0.2, 0) is 13.2 Å². The van der Waals surface area contributed by atoms with Crippen molar-refractivity contribution < 1.29 is 9.13 Å². The number of ether oxygens (including phenoxy) is 1. The van der Waals surface area contributed by atoms with Crippen molar-refractivity contribution in [2.24, 2.45) is 0 Å². The fourth-order valence-electron chi connectivity index (χ4n) is 1.86. The number of hydrogen-bond donors (Lipinski definition) is 1. The summed E-state index contributed by atoms with van der Waals surface area (Å²) in [5, 5.41) is 3.28. The molecule has 1 N–H and O–H groups in total. The maximum atomic E-state index is 13.3. The lowest BCUT2D eigenvalue weighted by Crippen LogP contribution is -2.11. The smallest absolute Gasteiger partial charge is 0.128 e. The first kappa shape index (κ1) is 16.5. The second-order valence-electron chi connectivity index (χ2n) is 4.60. The van der Waals surface area contributed by atoms with Gasteiger partial charge in [0.25, 0.3) is 0 Å². The van der Waals surface area contributed by atoms with Gasteiger partial charge in [0.2, 0.25) is 0 Å². The predicted molar refractivity (Wildman–Crippen MR) is 90.0 cm³/mol. The molecule has 2 aromatic rings. The molecule has 2 aromatic carbocycles. The van der Waals surface area contributed by atoms with E-state index in [0.29, 0.717) is 16.8 Å². The van der Waals surface area contributed by atoms with E-state index in [9.17, 15) is 4.39 Å². The van der Waals surface area contributed by atoms with Gasteiger partial charge in [0.15, 0.2) is 0 Å². The van der Waals surface area contributed by atoms with Crippen molar-refractivity contribution >= 4 is 31.9 Å². The van der Waals surface area contributed by atoms with Crippen molar-refractivity contribution in [2.45, 2.75) is 20.1 Å². The van der Waals surface area contributed by atoms with Gasteiger partial charge in [0, 0.05) is 27.1 Å². The molecular formula is C16H16Br2FNO. The van der Waals surface area contributed by atoms with Crippen molar-refractivity contribution in [1.29, 1.82) is 0 Å². The zero-order chi connectivity index (χ0) is 15.2. The van der Waals surface area contributed by atoms with Crippen molar-refractivity contribution in [3.8, 4) is 5.75 Å². The number of hydrogen-bond acceptors (Lipinski definition) is 2. The van der Waals surface area contributed by atoms with Gasteiger partial charge in [-0.15, -0.1) is 0 Å². The molecule has 0 aliphatic rings. The Balaban J connectivity index is 2.02. The van der Waals surface area contributed by atoms with Crippen LogP contribution in [0.2, 0.25) is 0 Å². The van der Waals surface area contributed by atoms with Crippen LogP contribution in [0, 0.1) is 5.82 Å². The van der Waals surface area contributed by atoms with Crippen LogP contribution in [0.1, 0.15) is 18.1 Å². The van der Waals surface area contributed by atoms with Crippen molar-refractivity contribution in [2.75, 3.05) is 6.54 Å². The molecule has 0 atom stereocenters. The molecular weight excluding hydrogens is 401 g/mol. The van der Waals surface area contributed by atoms with Gasteiger partial charge >= 0.3 is 0 Å². The van der Waals surface area contributed by atoms with Gasteiger partial charge in [-0.25, -0.2) is 4.39 Å². The minimum Gasteiger partial charge on any atom is -0.489 e. The van der Waals surface area contributed by atoms with Crippen LogP contribution in [0.4, 0.5) is 4.39 Å². The lowest BCUT2D eigenvalue weighted by molar-refractivity contribution is 0.303. The number of nitrogens with one attached hydrogen (secondary N) is 1. The van der Waals surface area contributed by atoms with Gasteiger partial charge < -0.3 is 10.1 Å². The first-order chi connectivity index (χ1) is 10.1. The topological polar surface area (TPSA) is 21.3 Å². The molecule has 0 aliphatic carbocycles. The van der Waals surface area contributed by atoms with E-state index in [0.717, 1.165) is 23.1 Å². The van der Waals surface area contributed by atoms with Gasteiger partial charge in [-0.3, -0.25) is 0 Å². The van der Waals surface area contributed by atoms with Crippen LogP contribution in [-0.4, -0.2) is 6.54 Å². The minimum atomic E-state index is -0.320. The monoisotopic (exact) mass is 415 g/mol. The van der Waals surface area contributed by atoms with Gasteiger partial charge in [-0.05, 0) is 30.3 Å². The third kappa shape index (κ3) is 5.09. The fraction of sp³-hybridized carbons (Fsp3) is 0.250. The highest BCUT2D eigenvalue weighted by Gasteiger charge is 2.05. The summed E-state index contributed by atoms with van der Waals surface area (Å²) in [6.45, 7) is 4.25. The van der Waals surface area contributed by atoms with Gasteiger partial charge in [0.1, 0.15) is 18.2 Å². The second-order valence-corrected chi connectivity index (χ2v) is 6.37. The van der Waals surface area contributed by atoms with Crippen LogP contribution < -0.4 is 10.1 Å². The maximum Gasteiger partial charge on any atom is 0.128 e. The van der Waals surface area contributed by atoms with E-state index in [2.05, 4.69) is 56.2 Å². The average Bonchev–Trinajstić information content (AvgIpc) is 2.43. The molecule has 0 aromatic heterocycles. The Morgan fingerprint density at radius 1 is 1.14 bits per heavy atom. The second kappa shape index (κ2) is 7.92. The molecule has 0 saturated carbocycles.